The average Bonchev–Trinajstić information content (AvgIpc) is 3.25. The maximum atomic E-state index is 13.5. The van der Waals surface area contributed by atoms with Crippen molar-refractivity contribution in [1.82, 2.24) is 9.97 Å². The van der Waals surface area contributed by atoms with Crippen molar-refractivity contribution in [3.05, 3.63) is 66.1 Å². The zero-order valence-corrected chi connectivity index (χ0v) is 19.5. The van der Waals surface area contributed by atoms with Crippen LogP contribution in [0.4, 0.5) is 44.8 Å². The summed E-state index contributed by atoms with van der Waals surface area (Å²) in [5.41, 5.74) is -4.89. The molecule has 196 valence electrons. The van der Waals surface area contributed by atoms with Crippen LogP contribution < -0.4 is 20.3 Å². The number of aliphatic hydroxyl groups is 1. The van der Waals surface area contributed by atoms with Gasteiger partial charge in [0.2, 0.25) is 0 Å². The third kappa shape index (κ3) is 6.74. The van der Waals surface area contributed by atoms with Gasteiger partial charge in [-0.1, -0.05) is 0 Å². The second kappa shape index (κ2) is 10.3. The van der Waals surface area contributed by atoms with Gasteiger partial charge in [0.05, 0.1) is 34.8 Å². The first kappa shape index (κ1) is 26.4. The van der Waals surface area contributed by atoms with E-state index in [0.29, 0.717) is 13.0 Å². The van der Waals surface area contributed by atoms with Crippen LogP contribution >= 0.6 is 11.6 Å². The van der Waals surface area contributed by atoms with Gasteiger partial charge < -0.3 is 25.4 Å². The van der Waals surface area contributed by atoms with E-state index in [1.54, 1.807) is 4.90 Å². The van der Waals surface area contributed by atoms with Gasteiger partial charge in [-0.3, -0.25) is 9.78 Å². The Labute approximate surface area is 212 Å². The fraction of sp³-hybridized carbons (Fsp3) is 0.261. The number of nitrogens with zero attached hydrogens (tertiary/aromatic N) is 3. The fourth-order valence-corrected chi connectivity index (χ4v) is 3.78. The first-order valence-electron chi connectivity index (χ1n) is 10.8. The van der Waals surface area contributed by atoms with Crippen LogP contribution in [0.1, 0.15) is 22.3 Å². The highest BCUT2D eigenvalue weighted by molar-refractivity contribution is 6.20. The molecule has 1 aliphatic rings. The van der Waals surface area contributed by atoms with Gasteiger partial charge >= 0.3 is 11.7 Å². The number of carbonyl (C=O) groups is 1. The lowest BCUT2D eigenvalue weighted by atomic mass is 10.2. The number of ether oxygens (including phenoxy) is 1. The molecule has 3 heterocycles. The third-order valence-electron chi connectivity index (χ3n) is 5.33. The summed E-state index contributed by atoms with van der Waals surface area (Å²) in [5.74, 6) is -0.657. The summed E-state index contributed by atoms with van der Waals surface area (Å²) in [5, 5.41) is 15.1. The number of β-amino-alcohol motifs (C(OH)–C–C–N with tert-alkyl or cyclic N) is 1. The summed E-state index contributed by atoms with van der Waals surface area (Å²) in [6.07, 6.45) is -1.60. The average molecular weight is 544 g/mol. The molecule has 1 atom stereocenters. The Bertz CT molecular complexity index is 1270. The lowest BCUT2D eigenvalue weighted by Gasteiger charge is -2.22. The standard InChI is InChI=1S/C23H19ClF5N5O3/c24-23(28,29)37-16-3-1-14(2-4-16)32-21(36)13-9-18(20(31-10-13)34-8-6-15(35)12-34)33-19-11-30-7-5-17(19)22(25,26)27/h1-5,7,9-11,15,33,35H,6,8,12H2,(H,32,36). The van der Waals surface area contributed by atoms with Gasteiger partial charge in [0.15, 0.2) is 5.82 Å². The summed E-state index contributed by atoms with van der Waals surface area (Å²) in [4.78, 5) is 22.6. The van der Waals surface area contributed by atoms with E-state index in [0.717, 1.165) is 18.5 Å². The number of halogens is 6. The molecule has 0 spiro atoms. The molecule has 1 aliphatic heterocycles. The van der Waals surface area contributed by atoms with Gasteiger partial charge in [-0.25, -0.2) is 4.98 Å². The number of aromatic nitrogens is 2. The number of hydrogen-bond donors (Lipinski definition) is 3. The first-order valence-corrected chi connectivity index (χ1v) is 11.2. The minimum Gasteiger partial charge on any atom is -0.420 e. The lowest BCUT2D eigenvalue weighted by Crippen LogP contribution is -2.24. The van der Waals surface area contributed by atoms with Crippen LogP contribution in [0.25, 0.3) is 0 Å². The van der Waals surface area contributed by atoms with E-state index in [4.69, 9.17) is 11.6 Å². The lowest BCUT2D eigenvalue weighted by molar-refractivity contribution is -0.137. The highest BCUT2D eigenvalue weighted by Crippen LogP contribution is 2.37. The van der Waals surface area contributed by atoms with Gasteiger partial charge in [-0.15, -0.1) is 8.78 Å². The molecule has 2 aromatic heterocycles. The number of benzene rings is 1. The van der Waals surface area contributed by atoms with Crippen molar-refractivity contribution in [2.45, 2.75) is 24.3 Å². The van der Waals surface area contributed by atoms with Crippen LogP contribution in [0.3, 0.4) is 0 Å². The number of hydrogen-bond acceptors (Lipinski definition) is 7. The Kier molecular flexibility index (Phi) is 7.37. The van der Waals surface area contributed by atoms with E-state index < -0.39 is 29.3 Å². The van der Waals surface area contributed by atoms with Crippen molar-refractivity contribution in [3.8, 4) is 5.75 Å². The van der Waals surface area contributed by atoms with Crippen molar-refractivity contribution >= 4 is 40.4 Å². The van der Waals surface area contributed by atoms with Gasteiger partial charge in [-0.2, -0.15) is 13.2 Å². The first-order chi connectivity index (χ1) is 17.4. The number of pyridine rings is 2. The summed E-state index contributed by atoms with van der Waals surface area (Å²) in [6, 6.07) is 7.07. The molecule has 14 heteroatoms. The molecule has 0 saturated carbocycles. The minimum atomic E-state index is -4.67. The van der Waals surface area contributed by atoms with Crippen LogP contribution in [0.5, 0.6) is 5.75 Å². The molecule has 37 heavy (non-hydrogen) atoms. The SMILES string of the molecule is O=C(Nc1ccc(OC(F)(F)Cl)cc1)c1cnc(N2CCC(O)C2)c(Nc2cnccc2C(F)(F)F)c1. The zero-order chi connectivity index (χ0) is 26.8. The molecule has 0 bridgehead atoms. The van der Waals surface area contributed by atoms with E-state index in [2.05, 4.69) is 25.3 Å². The maximum Gasteiger partial charge on any atom is 0.487 e. The number of nitrogens with one attached hydrogen (secondary N) is 2. The predicted molar refractivity (Wildman–Crippen MR) is 125 cm³/mol. The molecule has 1 saturated heterocycles. The van der Waals surface area contributed by atoms with Crippen molar-refractivity contribution in [2.75, 3.05) is 28.6 Å². The molecule has 3 N–H and O–H groups in total. The Morgan fingerprint density at radius 2 is 1.84 bits per heavy atom. The number of alkyl halides is 6. The largest absolute Gasteiger partial charge is 0.487 e. The van der Waals surface area contributed by atoms with Crippen molar-refractivity contribution in [1.29, 1.82) is 0 Å². The Morgan fingerprint density at radius 1 is 1.11 bits per heavy atom. The Morgan fingerprint density at radius 3 is 2.46 bits per heavy atom. The molecule has 8 nitrogen and oxygen atoms in total. The predicted octanol–water partition coefficient (Wildman–Crippen LogP) is 5.23. The number of anilines is 4. The minimum absolute atomic E-state index is 0.00365. The summed E-state index contributed by atoms with van der Waals surface area (Å²) < 4.78 is 70.3. The molecule has 1 fully saturated rings. The van der Waals surface area contributed by atoms with Gasteiger partial charge in [0.1, 0.15) is 5.75 Å². The summed E-state index contributed by atoms with van der Waals surface area (Å²) in [6.45, 7) is 0.617. The van der Waals surface area contributed by atoms with Crippen molar-refractivity contribution in [3.63, 3.8) is 0 Å². The molecular formula is C23H19ClF5N5O3. The van der Waals surface area contributed by atoms with E-state index in [1.165, 1.54) is 36.5 Å². The quantitative estimate of drug-likeness (QED) is 0.277. The molecule has 1 amide bonds. The molecule has 4 rings (SSSR count). The maximum absolute atomic E-state index is 13.5. The van der Waals surface area contributed by atoms with Crippen LogP contribution in [-0.2, 0) is 6.18 Å². The second-order valence-corrected chi connectivity index (χ2v) is 8.49. The third-order valence-corrected chi connectivity index (χ3v) is 5.41. The molecule has 3 aromatic rings. The Balaban J connectivity index is 1.61. The van der Waals surface area contributed by atoms with Crippen LogP contribution in [-0.4, -0.2) is 45.7 Å². The van der Waals surface area contributed by atoms with E-state index in [1.807, 2.05) is 0 Å². The van der Waals surface area contributed by atoms with Gasteiger partial charge in [-0.05, 0) is 42.8 Å². The summed E-state index contributed by atoms with van der Waals surface area (Å²) in [7, 11) is 0. The summed E-state index contributed by atoms with van der Waals surface area (Å²) >= 11 is 4.73. The van der Waals surface area contributed by atoms with Crippen LogP contribution in [0.15, 0.2) is 55.0 Å². The van der Waals surface area contributed by atoms with Crippen LogP contribution in [0, 0.1) is 0 Å². The molecular weight excluding hydrogens is 525 g/mol. The number of carbonyl (C=O) groups excluding carboxylic acids is 1. The topological polar surface area (TPSA) is 99.6 Å². The van der Waals surface area contributed by atoms with E-state index in [-0.39, 0.29) is 40.7 Å². The van der Waals surface area contributed by atoms with Crippen molar-refractivity contribution < 1.29 is 36.6 Å². The molecule has 1 unspecified atom stereocenters. The van der Waals surface area contributed by atoms with Crippen molar-refractivity contribution in [2.24, 2.45) is 0 Å². The highest BCUT2D eigenvalue weighted by atomic mass is 35.5. The monoisotopic (exact) mass is 543 g/mol. The number of amides is 1. The number of rotatable bonds is 7. The number of aliphatic hydroxyl groups excluding tert-OH is 1. The molecule has 0 aliphatic carbocycles. The van der Waals surface area contributed by atoms with E-state index in [9.17, 15) is 31.9 Å². The normalized spacial score (nSPS) is 16.0. The fourth-order valence-electron chi connectivity index (χ4n) is 3.69. The second-order valence-electron chi connectivity index (χ2n) is 8.05. The van der Waals surface area contributed by atoms with E-state index >= 15 is 0 Å². The molecule has 0 radical (unpaired) electrons. The molecule has 1 aromatic carbocycles. The van der Waals surface area contributed by atoms with Gasteiger partial charge in [0.25, 0.3) is 5.91 Å². The zero-order valence-electron chi connectivity index (χ0n) is 18.8. The Hall–Kier alpha value is -3.71. The van der Waals surface area contributed by atoms with Gasteiger partial charge in [0, 0.05) is 42.8 Å². The van der Waals surface area contributed by atoms with Crippen LogP contribution in [0.2, 0.25) is 0 Å². The smallest absolute Gasteiger partial charge is 0.420 e. The highest BCUT2D eigenvalue weighted by Gasteiger charge is 2.34.